The van der Waals surface area contributed by atoms with Crippen molar-refractivity contribution in [1.29, 1.82) is 0 Å². The molecule has 0 atom stereocenters. The summed E-state index contributed by atoms with van der Waals surface area (Å²) in [5.41, 5.74) is 0.491. The number of nitrogens with one attached hydrogen (secondary N) is 2. The summed E-state index contributed by atoms with van der Waals surface area (Å²) in [4.78, 5) is 10.9. The maximum Gasteiger partial charge on any atom is 0.314 e. The zero-order valence-corrected chi connectivity index (χ0v) is 10.3. The molecule has 0 unspecified atom stereocenters. The van der Waals surface area contributed by atoms with Crippen LogP contribution >= 0.6 is 0 Å². The molecular weight excluding hydrogens is 176 g/mol. The zero-order valence-electron chi connectivity index (χ0n) is 10.3. The molecule has 0 rings (SSSR count). The Morgan fingerprint density at radius 2 is 1.64 bits per heavy atom. The molecule has 0 aromatic heterocycles. The number of amides is 2. The Hall–Kier alpha value is -0.730. The quantitative estimate of drug-likeness (QED) is 0.721. The molecule has 3 heteroatoms. The Labute approximate surface area is 87.6 Å². The molecule has 0 aromatic rings. The molecule has 0 radical (unpaired) electrons. The molecule has 0 aliphatic rings. The van der Waals surface area contributed by atoms with Crippen molar-refractivity contribution in [3.05, 3.63) is 0 Å². The fourth-order valence-corrected chi connectivity index (χ4v) is 0.952. The monoisotopic (exact) mass is 200 g/mol. The fraction of sp³-hybridized carbons (Fsp3) is 0.909. The topological polar surface area (TPSA) is 41.1 Å². The fourth-order valence-electron chi connectivity index (χ4n) is 0.952. The second kappa shape index (κ2) is 4.67. The number of hydrogen-bond donors (Lipinski definition) is 2. The highest BCUT2D eigenvalue weighted by atomic mass is 16.2. The molecule has 0 spiro atoms. The summed E-state index contributed by atoms with van der Waals surface area (Å²) in [5.74, 6) is 0. The normalized spacial score (nSPS) is 12.4. The van der Waals surface area contributed by atoms with Gasteiger partial charge in [0, 0.05) is 13.6 Å². The van der Waals surface area contributed by atoms with E-state index in [4.69, 9.17) is 0 Å². The first-order chi connectivity index (χ1) is 6.20. The molecule has 0 heterocycles. The summed E-state index contributed by atoms with van der Waals surface area (Å²) >= 11 is 0. The van der Waals surface area contributed by atoms with Crippen LogP contribution in [0, 0.1) is 10.8 Å². The minimum Gasteiger partial charge on any atom is -0.341 e. The van der Waals surface area contributed by atoms with Gasteiger partial charge < -0.3 is 10.6 Å². The molecule has 0 aliphatic heterocycles. The predicted octanol–water partition coefficient (Wildman–Crippen LogP) is 2.38. The average molecular weight is 200 g/mol. The number of hydrogen-bond acceptors (Lipinski definition) is 1. The molecule has 2 N–H and O–H groups in total. The van der Waals surface area contributed by atoms with Crippen LogP contribution in [0.25, 0.3) is 0 Å². The van der Waals surface area contributed by atoms with E-state index in [0.29, 0.717) is 0 Å². The number of carbonyl (C=O) groups is 1. The minimum absolute atomic E-state index is 0.102. The summed E-state index contributed by atoms with van der Waals surface area (Å²) in [6.07, 6.45) is 0.990. The van der Waals surface area contributed by atoms with Gasteiger partial charge in [-0.2, -0.15) is 0 Å². The molecule has 0 saturated heterocycles. The van der Waals surface area contributed by atoms with Crippen LogP contribution in [0.4, 0.5) is 4.79 Å². The van der Waals surface area contributed by atoms with Crippen LogP contribution in [0.2, 0.25) is 0 Å². The van der Waals surface area contributed by atoms with E-state index >= 15 is 0 Å². The Bertz CT molecular complexity index is 192. The van der Waals surface area contributed by atoms with Gasteiger partial charge in [-0.05, 0) is 17.3 Å². The van der Waals surface area contributed by atoms with Crippen LogP contribution in [-0.4, -0.2) is 19.6 Å². The van der Waals surface area contributed by atoms with Crippen LogP contribution in [0.1, 0.15) is 41.0 Å². The second-order valence-electron chi connectivity index (χ2n) is 5.39. The molecule has 2 amide bonds. The molecule has 0 fully saturated rings. The van der Waals surface area contributed by atoms with Gasteiger partial charge in [0.1, 0.15) is 0 Å². The van der Waals surface area contributed by atoms with Crippen LogP contribution in [0.5, 0.6) is 0 Å². The van der Waals surface area contributed by atoms with Gasteiger partial charge in [0.2, 0.25) is 0 Å². The lowest BCUT2D eigenvalue weighted by Crippen LogP contribution is -2.38. The van der Waals surface area contributed by atoms with Crippen molar-refractivity contribution in [2.45, 2.75) is 41.0 Å². The molecule has 0 aliphatic carbocycles. The molecule has 0 bridgehead atoms. The minimum atomic E-state index is -0.102. The Morgan fingerprint density at radius 1 is 1.14 bits per heavy atom. The Kier molecular flexibility index (Phi) is 4.43. The summed E-state index contributed by atoms with van der Waals surface area (Å²) in [6.45, 7) is 11.9. The van der Waals surface area contributed by atoms with Gasteiger partial charge in [-0.15, -0.1) is 0 Å². The first kappa shape index (κ1) is 13.3. The van der Waals surface area contributed by atoms with Gasteiger partial charge in [0.15, 0.2) is 0 Å². The van der Waals surface area contributed by atoms with E-state index in [1.165, 1.54) is 0 Å². The van der Waals surface area contributed by atoms with Crippen LogP contribution in [0.15, 0.2) is 0 Å². The van der Waals surface area contributed by atoms with Crippen LogP contribution in [-0.2, 0) is 0 Å². The van der Waals surface area contributed by atoms with Crippen molar-refractivity contribution < 1.29 is 4.79 Å². The molecular formula is C11H24N2O. The molecule has 3 nitrogen and oxygen atoms in total. The van der Waals surface area contributed by atoms with Crippen molar-refractivity contribution in [2.24, 2.45) is 10.8 Å². The van der Waals surface area contributed by atoms with E-state index in [-0.39, 0.29) is 16.9 Å². The Morgan fingerprint density at radius 3 is 2.00 bits per heavy atom. The van der Waals surface area contributed by atoms with Crippen molar-refractivity contribution in [1.82, 2.24) is 10.6 Å². The smallest absolute Gasteiger partial charge is 0.314 e. The maximum absolute atomic E-state index is 10.9. The SMILES string of the molecule is CNC(=O)NCCC(C)(C)C(C)(C)C. The van der Waals surface area contributed by atoms with E-state index in [1.807, 2.05) is 0 Å². The summed E-state index contributed by atoms with van der Waals surface area (Å²) in [6, 6.07) is -0.102. The zero-order chi connectivity index (χ0) is 11.4. The maximum atomic E-state index is 10.9. The molecule has 84 valence electrons. The third-order valence-corrected chi connectivity index (χ3v) is 3.29. The van der Waals surface area contributed by atoms with Crippen molar-refractivity contribution >= 4 is 6.03 Å². The van der Waals surface area contributed by atoms with Gasteiger partial charge in [-0.3, -0.25) is 0 Å². The number of carbonyl (C=O) groups excluding carboxylic acids is 1. The van der Waals surface area contributed by atoms with Crippen molar-refractivity contribution in [3.8, 4) is 0 Å². The first-order valence-corrected chi connectivity index (χ1v) is 5.16. The van der Waals surface area contributed by atoms with E-state index in [0.717, 1.165) is 13.0 Å². The number of rotatable bonds is 3. The highest BCUT2D eigenvalue weighted by molar-refractivity contribution is 5.73. The summed E-state index contributed by atoms with van der Waals surface area (Å²) < 4.78 is 0. The standard InChI is InChI=1S/C11H24N2O/c1-10(2,3)11(4,5)7-8-13-9(14)12-6/h7-8H2,1-6H3,(H2,12,13,14). The van der Waals surface area contributed by atoms with Crippen molar-refractivity contribution in [2.75, 3.05) is 13.6 Å². The third kappa shape index (κ3) is 3.99. The van der Waals surface area contributed by atoms with Crippen molar-refractivity contribution in [3.63, 3.8) is 0 Å². The first-order valence-electron chi connectivity index (χ1n) is 5.16. The second-order valence-corrected chi connectivity index (χ2v) is 5.39. The van der Waals surface area contributed by atoms with E-state index in [1.54, 1.807) is 7.05 Å². The van der Waals surface area contributed by atoms with E-state index in [2.05, 4.69) is 45.3 Å². The largest absolute Gasteiger partial charge is 0.341 e. The van der Waals surface area contributed by atoms with Gasteiger partial charge >= 0.3 is 6.03 Å². The van der Waals surface area contributed by atoms with Gasteiger partial charge in [-0.25, -0.2) is 4.79 Å². The average Bonchev–Trinajstić information content (AvgIpc) is 2.01. The van der Waals surface area contributed by atoms with Crippen LogP contribution < -0.4 is 10.6 Å². The number of urea groups is 1. The molecule has 0 aromatic carbocycles. The lowest BCUT2D eigenvalue weighted by atomic mass is 9.67. The lowest BCUT2D eigenvalue weighted by molar-refractivity contribution is 0.120. The highest BCUT2D eigenvalue weighted by Crippen LogP contribution is 2.40. The summed E-state index contributed by atoms with van der Waals surface area (Å²) in [5, 5.41) is 5.35. The molecule has 0 saturated carbocycles. The van der Waals surface area contributed by atoms with Crippen LogP contribution in [0.3, 0.4) is 0 Å². The lowest BCUT2D eigenvalue weighted by Gasteiger charge is -2.39. The Balaban J connectivity index is 3.95. The van der Waals surface area contributed by atoms with Gasteiger partial charge in [0.05, 0.1) is 0 Å². The van der Waals surface area contributed by atoms with Gasteiger partial charge in [0.25, 0.3) is 0 Å². The predicted molar refractivity (Wildman–Crippen MR) is 60.3 cm³/mol. The summed E-state index contributed by atoms with van der Waals surface area (Å²) in [7, 11) is 1.63. The van der Waals surface area contributed by atoms with Gasteiger partial charge in [-0.1, -0.05) is 34.6 Å². The van der Waals surface area contributed by atoms with E-state index in [9.17, 15) is 4.79 Å². The molecule has 14 heavy (non-hydrogen) atoms. The third-order valence-electron chi connectivity index (χ3n) is 3.29. The highest BCUT2D eigenvalue weighted by Gasteiger charge is 2.31. The van der Waals surface area contributed by atoms with E-state index < -0.39 is 0 Å².